The zero-order valence-corrected chi connectivity index (χ0v) is 19.4. The van der Waals surface area contributed by atoms with E-state index in [2.05, 4.69) is 76.6 Å². The van der Waals surface area contributed by atoms with Crippen LogP contribution in [0.2, 0.25) is 0 Å². The van der Waals surface area contributed by atoms with Crippen LogP contribution < -0.4 is 0 Å². The molecule has 0 spiro atoms. The molecule has 4 aromatic carbocycles. The number of para-hydroxylation sites is 1. The molecular weight excluding hydrogens is 446 g/mol. The number of fused-ring (bicyclic) bond motifs is 6. The minimum atomic E-state index is 0.672. The van der Waals surface area contributed by atoms with Gasteiger partial charge in [0, 0.05) is 42.7 Å². The van der Waals surface area contributed by atoms with Crippen molar-refractivity contribution >= 4 is 59.0 Å². The summed E-state index contributed by atoms with van der Waals surface area (Å²) in [7, 11) is 0. The molecule has 0 bridgehead atoms. The summed E-state index contributed by atoms with van der Waals surface area (Å²) in [5, 5.41) is 4.56. The molecule has 0 aliphatic heterocycles. The van der Waals surface area contributed by atoms with Gasteiger partial charge in [-0.25, -0.2) is 9.83 Å². The molecule has 4 heteroatoms. The van der Waals surface area contributed by atoms with Gasteiger partial charge in [0.05, 0.1) is 23.3 Å². The van der Waals surface area contributed by atoms with Crippen LogP contribution in [-0.4, -0.2) is 9.97 Å². The van der Waals surface area contributed by atoms with Crippen LogP contribution in [0.3, 0.4) is 0 Å². The highest BCUT2D eigenvalue weighted by Crippen LogP contribution is 2.43. The van der Waals surface area contributed by atoms with Gasteiger partial charge >= 0.3 is 0 Å². The van der Waals surface area contributed by atoms with Crippen LogP contribution in [-0.2, 0) is 0 Å². The van der Waals surface area contributed by atoms with Gasteiger partial charge in [-0.15, -0.1) is 11.3 Å². The first kappa shape index (κ1) is 19.8. The summed E-state index contributed by atoms with van der Waals surface area (Å²) in [6.45, 7) is 7.65. The second-order valence-corrected chi connectivity index (χ2v) is 9.61. The molecule has 0 unspecified atom stereocenters. The summed E-state index contributed by atoms with van der Waals surface area (Å²) in [5.41, 5.74) is 6.58. The maximum Gasteiger partial charge on any atom is 0.194 e. The Morgan fingerprint density at radius 2 is 1.51 bits per heavy atom. The number of rotatable bonds is 2. The lowest BCUT2D eigenvalue weighted by Crippen LogP contribution is -1.88. The smallest absolute Gasteiger partial charge is 0.194 e. The molecule has 0 saturated carbocycles. The Kier molecular flexibility index (Phi) is 4.38. The molecule has 3 heterocycles. The third-order valence-corrected chi connectivity index (χ3v) is 7.67. The Bertz CT molecular complexity index is 1980. The molecule has 0 aliphatic carbocycles. The Labute approximate surface area is 205 Å². The zero-order chi connectivity index (χ0) is 23.4. The second kappa shape index (κ2) is 7.73. The number of nitrogens with zero attached hydrogens (tertiary/aromatic N) is 3. The number of benzene rings is 4. The lowest BCUT2D eigenvalue weighted by molar-refractivity contribution is 1.37. The molecular formula is C31H17N3S. The fourth-order valence-electron chi connectivity index (χ4n) is 4.89. The van der Waals surface area contributed by atoms with Crippen LogP contribution in [0.1, 0.15) is 0 Å². The summed E-state index contributed by atoms with van der Waals surface area (Å²) in [6.07, 6.45) is 1.82. The first-order chi connectivity index (χ1) is 17.3. The summed E-state index contributed by atoms with van der Waals surface area (Å²) in [4.78, 5) is 13.4. The van der Waals surface area contributed by atoms with Crippen molar-refractivity contribution in [1.29, 1.82) is 0 Å². The first-order valence-corrected chi connectivity index (χ1v) is 12.2. The van der Waals surface area contributed by atoms with Crippen molar-refractivity contribution in [3.8, 4) is 22.4 Å². The fourth-order valence-corrected chi connectivity index (χ4v) is 6.01. The standard InChI is InChI=1S/C31H17N3S/c1-32-26-9-3-2-7-22(26)23-8-4-10-28-29(23)24-18-21(14-16-27(24)35-28)25-15-13-20-12-11-19-6-5-17-33-30(19)31(20)34-25/h2-18H. The van der Waals surface area contributed by atoms with E-state index in [4.69, 9.17) is 11.6 Å². The molecule has 3 nitrogen and oxygen atoms in total. The van der Waals surface area contributed by atoms with E-state index in [1.54, 1.807) is 11.3 Å². The Balaban J connectivity index is 1.48. The molecule has 0 radical (unpaired) electrons. The van der Waals surface area contributed by atoms with Crippen molar-refractivity contribution in [2.45, 2.75) is 0 Å². The van der Waals surface area contributed by atoms with Gasteiger partial charge < -0.3 is 0 Å². The van der Waals surface area contributed by atoms with E-state index in [0.29, 0.717) is 5.69 Å². The topological polar surface area (TPSA) is 30.1 Å². The number of pyridine rings is 2. The first-order valence-electron chi connectivity index (χ1n) is 11.4. The molecule has 0 saturated heterocycles. The van der Waals surface area contributed by atoms with E-state index < -0.39 is 0 Å². The summed E-state index contributed by atoms with van der Waals surface area (Å²) in [5.74, 6) is 0. The van der Waals surface area contributed by atoms with E-state index in [-0.39, 0.29) is 0 Å². The van der Waals surface area contributed by atoms with Crippen molar-refractivity contribution in [3.05, 3.63) is 115 Å². The SMILES string of the molecule is [C-]#[N+]c1ccccc1-c1cccc2sc3ccc(-c4ccc5ccc6cccnc6c5n4)cc3c12. The van der Waals surface area contributed by atoms with Crippen LogP contribution in [0, 0.1) is 6.57 Å². The van der Waals surface area contributed by atoms with Gasteiger partial charge in [-0.1, -0.05) is 66.7 Å². The van der Waals surface area contributed by atoms with Crippen molar-refractivity contribution in [2.75, 3.05) is 0 Å². The molecule has 0 amide bonds. The Morgan fingerprint density at radius 1 is 0.686 bits per heavy atom. The van der Waals surface area contributed by atoms with Gasteiger partial charge in [0.25, 0.3) is 0 Å². The van der Waals surface area contributed by atoms with Crippen molar-refractivity contribution in [1.82, 2.24) is 9.97 Å². The highest BCUT2D eigenvalue weighted by molar-refractivity contribution is 7.26. The molecule has 0 N–H and O–H groups in total. The third-order valence-electron chi connectivity index (χ3n) is 6.54. The predicted molar refractivity (Wildman–Crippen MR) is 147 cm³/mol. The van der Waals surface area contributed by atoms with Crippen LogP contribution in [0.5, 0.6) is 0 Å². The average Bonchev–Trinajstić information content (AvgIpc) is 3.31. The van der Waals surface area contributed by atoms with E-state index >= 15 is 0 Å². The molecule has 7 rings (SSSR count). The zero-order valence-electron chi connectivity index (χ0n) is 18.6. The highest BCUT2D eigenvalue weighted by Gasteiger charge is 2.15. The summed E-state index contributed by atoms with van der Waals surface area (Å²) in [6, 6.07) is 33.2. The normalized spacial score (nSPS) is 11.4. The van der Waals surface area contributed by atoms with Gasteiger partial charge in [-0.2, -0.15) is 0 Å². The van der Waals surface area contributed by atoms with Crippen molar-refractivity contribution in [3.63, 3.8) is 0 Å². The molecule has 3 aromatic heterocycles. The molecule has 7 aromatic rings. The van der Waals surface area contributed by atoms with Gasteiger partial charge in [0.2, 0.25) is 0 Å². The van der Waals surface area contributed by atoms with E-state index in [0.717, 1.165) is 44.2 Å². The molecule has 0 fully saturated rings. The molecule has 162 valence electrons. The molecule has 0 aliphatic rings. The Morgan fingerprint density at radius 3 is 2.43 bits per heavy atom. The lowest BCUT2D eigenvalue weighted by Gasteiger charge is -2.08. The van der Waals surface area contributed by atoms with Crippen LogP contribution in [0.25, 0.3) is 69.2 Å². The Hall–Kier alpha value is -4.59. The van der Waals surface area contributed by atoms with Crippen LogP contribution in [0.15, 0.2) is 103 Å². The van der Waals surface area contributed by atoms with E-state index in [9.17, 15) is 0 Å². The maximum atomic E-state index is 7.65. The van der Waals surface area contributed by atoms with Crippen LogP contribution >= 0.6 is 11.3 Å². The number of hydrogen-bond acceptors (Lipinski definition) is 3. The average molecular weight is 464 g/mol. The van der Waals surface area contributed by atoms with Gasteiger partial charge in [-0.05, 0) is 41.5 Å². The second-order valence-electron chi connectivity index (χ2n) is 8.53. The van der Waals surface area contributed by atoms with E-state index in [1.165, 1.54) is 20.2 Å². The van der Waals surface area contributed by atoms with Gasteiger partial charge in [0.1, 0.15) is 0 Å². The monoisotopic (exact) mass is 463 g/mol. The fraction of sp³-hybridized carbons (Fsp3) is 0. The lowest BCUT2D eigenvalue weighted by atomic mass is 9.97. The maximum absolute atomic E-state index is 7.65. The minimum Gasteiger partial charge on any atom is -0.254 e. The van der Waals surface area contributed by atoms with Crippen molar-refractivity contribution in [2.24, 2.45) is 0 Å². The van der Waals surface area contributed by atoms with Gasteiger partial charge in [0.15, 0.2) is 5.69 Å². The summed E-state index contributed by atoms with van der Waals surface area (Å²) < 4.78 is 2.44. The highest BCUT2D eigenvalue weighted by atomic mass is 32.1. The number of thiophene rings is 1. The predicted octanol–water partition coefficient (Wildman–Crippen LogP) is 9.04. The number of aromatic nitrogens is 2. The number of hydrogen-bond donors (Lipinski definition) is 0. The van der Waals surface area contributed by atoms with Crippen molar-refractivity contribution < 1.29 is 0 Å². The third kappa shape index (κ3) is 3.10. The minimum absolute atomic E-state index is 0.672. The summed E-state index contributed by atoms with van der Waals surface area (Å²) >= 11 is 1.78. The quantitative estimate of drug-likeness (QED) is 0.189. The molecule has 35 heavy (non-hydrogen) atoms. The van der Waals surface area contributed by atoms with Crippen LogP contribution in [0.4, 0.5) is 5.69 Å². The largest absolute Gasteiger partial charge is 0.254 e. The molecule has 0 atom stereocenters. The van der Waals surface area contributed by atoms with Gasteiger partial charge in [-0.3, -0.25) is 4.98 Å². The van der Waals surface area contributed by atoms with E-state index in [1.807, 2.05) is 36.5 Å².